The van der Waals surface area contributed by atoms with Crippen molar-refractivity contribution in [2.75, 3.05) is 19.0 Å². The summed E-state index contributed by atoms with van der Waals surface area (Å²) in [6.45, 7) is -0.335. The SMILES string of the molecule is COc1cc(Br)cc2c1NCC(F)(F)C2. The van der Waals surface area contributed by atoms with Crippen LogP contribution >= 0.6 is 15.9 Å². The number of methoxy groups -OCH3 is 1. The molecule has 5 heteroatoms. The van der Waals surface area contributed by atoms with Gasteiger partial charge in [0.2, 0.25) is 0 Å². The van der Waals surface area contributed by atoms with E-state index in [9.17, 15) is 8.78 Å². The summed E-state index contributed by atoms with van der Waals surface area (Å²) < 4.78 is 32.1. The standard InChI is InChI=1S/C10H10BrF2NO/c1-15-8-3-7(11)2-6-4-10(12,13)5-14-9(6)8/h2-3,14H,4-5H2,1H3. The molecular formula is C10H10BrF2NO. The third-order valence-electron chi connectivity index (χ3n) is 2.34. The van der Waals surface area contributed by atoms with Gasteiger partial charge in [-0.1, -0.05) is 15.9 Å². The molecule has 0 fully saturated rings. The summed E-state index contributed by atoms with van der Waals surface area (Å²) in [6, 6.07) is 3.45. The molecule has 1 aromatic carbocycles. The van der Waals surface area contributed by atoms with Crippen LogP contribution in [0.3, 0.4) is 0 Å². The second-order valence-electron chi connectivity index (χ2n) is 3.53. The molecule has 1 aromatic rings. The Bertz CT molecular complexity index is 395. The first-order valence-electron chi connectivity index (χ1n) is 4.50. The molecule has 0 saturated heterocycles. The molecule has 1 aliphatic rings. The van der Waals surface area contributed by atoms with Gasteiger partial charge in [-0.2, -0.15) is 0 Å². The lowest BCUT2D eigenvalue weighted by molar-refractivity contribution is 0.0128. The highest BCUT2D eigenvalue weighted by atomic mass is 79.9. The van der Waals surface area contributed by atoms with Crippen molar-refractivity contribution in [2.45, 2.75) is 12.3 Å². The van der Waals surface area contributed by atoms with Crippen molar-refractivity contribution in [3.05, 3.63) is 22.2 Å². The highest BCUT2D eigenvalue weighted by Crippen LogP contribution is 2.39. The lowest BCUT2D eigenvalue weighted by Crippen LogP contribution is -2.34. The number of fused-ring (bicyclic) bond motifs is 1. The van der Waals surface area contributed by atoms with E-state index in [0.717, 1.165) is 4.47 Å². The van der Waals surface area contributed by atoms with Crippen molar-refractivity contribution in [2.24, 2.45) is 0 Å². The summed E-state index contributed by atoms with van der Waals surface area (Å²) in [7, 11) is 1.52. The molecule has 82 valence electrons. The maximum absolute atomic E-state index is 13.1. The fourth-order valence-electron chi connectivity index (χ4n) is 1.70. The van der Waals surface area contributed by atoms with Crippen LogP contribution in [0.4, 0.5) is 14.5 Å². The number of rotatable bonds is 1. The summed E-state index contributed by atoms with van der Waals surface area (Å²) >= 11 is 3.27. The van der Waals surface area contributed by atoms with Gasteiger partial charge in [-0.15, -0.1) is 0 Å². The van der Waals surface area contributed by atoms with Crippen molar-refractivity contribution >= 4 is 21.6 Å². The van der Waals surface area contributed by atoms with Crippen molar-refractivity contribution in [1.82, 2.24) is 0 Å². The van der Waals surface area contributed by atoms with Crippen LogP contribution in [0.25, 0.3) is 0 Å². The van der Waals surface area contributed by atoms with E-state index >= 15 is 0 Å². The Morgan fingerprint density at radius 3 is 2.87 bits per heavy atom. The van der Waals surface area contributed by atoms with Gasteiger partial charge in [0, 0.05) is 10.9 Å². The van der Waals surface area contributed by atoms with Crippen LogP contribution in [0.15, 0.2) is 16.6 Å². The number of anilines is 1. The van der Waals surface area contributed by atoms with Crippen molar-refractivity contribution < 1.29 is 13.5 Å². The molecule has 0 bridgehead atoms. The van der Waals surface area contributed by atoms with E-state index in [0.29, 0.717) is 17.0 Å². The molecule has 15 heavy (non-hydrogen) atoms. The average Bonchev–Trinajstić information content (AvgIpc) is 2.14. The molecule has 2 nitrogen and oxygen atoms in total. The molecular weight excluding hydrogens is 268 g/mol. The van der Waals surface area contributed by atoms with Gasteiger partial charge in [0.1, 0.15) is 5.75 Å². The van der Waals surface area contributed by atoms with E-state index < -0.39 is 5.92 Å². The van der Waals surface area contributed by atoms with Crippen molar-refractivity contribution in [3.63, 3.8) is 0 Å². The van der Waals surface area contributed by atoms with E-state index in [1.807, 2.05) is 0 Å². The Balaban J connectivity index is 2.47. The van der Waals surface area contributed by atoms with Crippen LogP contribution in [0.5, 0.6) is 5.75 Å². The first kappa shape index (κ1) is 10.7. The topological polar surface area (TPSA) is 21.3 Å². The molecule has 0 saturated carbocycles. The first-order chi connectivity index (χ1) is 7.02. The fourth-order valence-corrected chi connectivity index (χ4v) is 2.18. The zero-order chi connectivity index (χ0) is 11.1. The van der Waals surface area contributed by atoms with Gasteiger partial charge in [0.15, 0.2) is 0 Å². The zero-order valence-electron chi connectivity index (χ0n) is 8.11. The smallest absolute Gasteiger partial charge is 0.269 e. The van der Waals surface area contributed by atoms with Gasteiger partial charge < -0.3 is 10.1 Å². The molecule has 0 atom stereocenters. The second kappa shape index (κ2) is 3.63. The Morgan fingerprint density at radius 2 is 2.20 bits per heavy atom. The maximum Gasteiger partial charge on any atom is 0.269 e. The van der Waals surface area contributed by atoms with Crippen LogP contribution < -0.4 is 10.1 Å². The van der Waals surface area contributed by atoms with Gasteiger partial charge in [-0.05, 0) is 17.7 Å². The Morgan fingerprint density at radius 1 is 1.47 bits per heavy atom. The van der Waals surface area contributed by atoms with E-state index in [4.69, 9.17) is 4.74 Å². The summed E-state index contributed by atoms with van der Waals surface area (Å²) in [5.74, 6) is -2.09. The van der Waals surface area contributed by atoms with Gasteiger partial charge in [-0.3, -0.25) is 0 Å². The second-order valence-corrected chi connectivity index (χ2v) is 4.44. The van der Waals surface area contributed by atoms with Gasteiger partial charge in [0.25, 0.3) is 5.92 Å². The highest BCUT2D eigenvalue weighted by molar-refractivity contribution is 9.10. The average molecular weight is 278 g/mol. The first-order valence-corrected chi connectivity index (χ1v) is 5.29. The number of hydrogen-bond donors (Lipinski definition) is 1. The zero-order valence-corrected chi connectivity index (χ0v) is 9.70. The fraction of sp³-hybridized carbons (Fsp3) is 0.400. The van der Waals surface area contributed by atoms with Crippen LogP contribution in [-0.4, -0.2) is 19.6 Å². The summed E-state index contributed by atoms with van der Waals surface area (Å²) in [6.07, 6.45) is -0.245. The summed E-state index contributed by atoms with van der Waals surface area (Å²) in [4.78, 5) is 0. The highest BCUT2D eigenvalue weighted by Gasteiger charge is 2.35. The number of hydrogen-bond acceptors (Lipinski definition) is 2. The van der Waals surface area contributed by atoms with Crippen LogP contribution in [0.1, 0.15) is 5.56 Å². The Labute approximate surface area is 94.7 Å². The number of halogens is 3. The molecule has 0 aliphatic carbocycles. The van der Waals surface area contributed by atoms with E-state index in [1.54, 1.807) is 12.1 Å². The minimum Gasteiger partial charge on any atom is -0.495 e. The molecule has 0 unspecified atom stereocenters. The minimum absolute atomic E-state index is 0.245. The number of nitrogens with one attached hydrogen (secondary N) is 1. The third kappa shape index (κ3) is 2.07. The molecule has 1 N–H and O–H groups in total. The molecule has 2 rings (SSSR count). The van der Waals surface area contributed by atoms with Gasteiger partial charge >= 0.3 is 0 Å². The van der Waals surface area contributed by atoms with Gasteiger partial charge in [-0.25, -0.2) is 8.78 Å². The van der Waals surface area contributed by atoms with Crippen molar-refractivity contribution in [1.29, 1.82) is 0 Å². The molecule has 0 spiro atoms. The normalized spacial score (nSPS) is 17.9. The monoisotopic (exact) mass is 277 g/mol. The maximum atomic E-state index is 13.1. The number of benzene rings is 1. The van der Waals surface area contributed by atoms with E-state index in [-0.39, 0.29) is 13.0 Å². The summed E-state index contributed by atoms with van der Waals surface area (Å²) in [5.41, 5.74) is 1.25. The quantitative estimate of drug-likeness (QED) is 0.852. The molecule has 1 heterocycles. The largest absolute Gasteiger partial charge is 0.495 e. The van der Waals surface area contributed by atoms with Crippen molar-refractivity contribution in [3.8, 4) is 5.75 Å². The predicted molar refractivity (Wildman–Crippen MR) is 57.8 cm³/mol. The molecule has 0 aromatic heterocycles. The molecule has 0 radical (unpaired) electrons. The van der Waals surface area contributed by atoms with Crippen LogP contribution in [-0.2, 0) is 6.42 Å². The molecule has 0 amide bonds. The van der Waals surface area contributed by atoms with Crippen LogP contribution in [0.2, 0.25) is 0 Å². The van der Waals surface area contributed by atoms with Gasteiger partial charge in [0.05, 0.1) is 19.3 Å². The Hall–Kier alpha value is -0.840. The van der Waals surface area contributed by atoms with E-state index in [2.05, 4.69) is 21.2 Å². The third-order valence-corrected chi connectivity index (χ3v) is 2.80. The molecule has 1 aliphatic heterocycles. The van der Waals surface area contributed by atoms with E-state index in [1.165, 1.54) is 7.11 Å². The number of ether oxygens (including phenoxy) is 1. The van der Waals surface area contributed by atoms with Crippen LogP contribution in [0, 0.1) is 0 Å². The lowest BCUT2D eigenvalue weighted by Gasteiger charge is -2.27. The lowest BCUT2D eigenvalue weighted by atomic mass is 10.0. The predicted octanol–water partition coefficient (Wildman–Crippen LogP) is 3.06. The minimum atomic E-state index is -2.68. The summed E-state index contributed by atoms with van der Waals surface area (Å²) in [5, 5.41) is 2.70. The Kier molecular flexibility index (Phi) is 2.58. The number of alkyl halides is 2.